The average Bonchev–Trinajstić information content (AvgIpc) is 3.32. The maximum atomic E-state index is 13.2. The minimum atomic E-state index is -0.563. The van der Waals surface area contributed by atoms with Crippen LogP contribution in [0.3, 0.4) is 0 Å². The van der Waals surface area contributed by atoms with Gasteiger partial charge in [-0.1, -0.05) is 23.7 Å². The van der Waals surface area contributed by atoms with Crippen molar-refractivity contribution >= 4 is 39.1 Å². The lowest BCUT2D eigenvalue weighted by Gasteiger charge is -2.09. The Morgan fingerprint density at radius 1 is 1.25 bits per heavy atom. The minimum Gasteiger partial charge on any atom is -0.463 e. The Bertz CT molecular complexity index is 1240. The summed E-state index contributed by atoms with van der Waals surface area (Å²) in [5, 5.41) is 3.11. The molecule has 0 aliphatic carbocycles. The van der Waals surface area contributed by atoms with Crippen molar-refractivity contribution < 1.29 is 13.9 Å². The lowest BCUT2D eigenvalue weighted by molar-refractivity contribution is 0.0563. The highest BCUT2D eigenvalue weighted by molar-refractivity contribution is 7.17. The van der Waals surface area contributed by atoms with Crippen LogP contribution in [0.2, 0.25) is 5.02 Å². The van der Waals surface area contributed by atoms with E-state index >= 15 is 0 Å². The molecule has 0 saturated carbocycles. The first-order chi connectivity index (χ1) is 13.5. The van der Waals surface area contributed by atoms with Crippen molar-refractivity contribution in [2.75, 3.05) is 7.11 Å². The normalized spacial score (nSPS) is 11.1. The third-order valence-electron chi connectivity index (χ3n) is 4.40. The van der Waals surface area contributed by atoms with E-state index in [1.54, 1.807) is 25.1 Å². The van der Waals surface area contributed by atoms with E-state index in [2.05, 4.69) is 9.72 Å². The monoisotopic (exact) mass is 414 g/mol. The fourth-order valence-electron chi connectivity index (χ4n) is 2.98. The first-order valence-electron chi connectivity index (χ1n) is 8.39. The molecule has 0 spiro atoms. The first-order valence-corrected chi connectivity index (χ1v) is 9.65. The molecule has 8 heteroatoms. The molecule has 0 radical (unpaired) electrons. The number of aryl methyl sites for hydroxylation is 1. The molecule has 0 aliphatic rings. The Morgan fingerprint density at radius 2 is 2.00 bits per heavy atom. The molecule has 0 unspecified atom stereocenters. The third kappa shape index (κ3) is 3.23. The number of hydrogen-bond donors (Lipinski definition) is 0. The lowest BCUT2D eigenvalue weighted by Crippen LogP contribution is -2.24. The largest absolute Gasteiger partial charge is 0.463 e. The Kier molecular flexibility index (Phi) is 4.78. The average molecular weight is 415 g/mol. The van der Waals surface area contributed by atoms with Crippen molar-refractivity contribution in [2.45, 2.75) is 13.5 Å². The van der Waals surface area contributed by atoms with Gasteiger partial charge in [0, 0.05) is 16.0 Å². The van der Waals surface area contributed by atoms with Crippen LogP contribution in [0.1, 0.15) is 22.1 Å². The number of carbonyl (C=O) groups is 1. The molecule has 6 nitrogen and oxygen atoms in total. The fourth-order valence-corrected chi connectivity index (χ4v) is 4.09. The number of carbonyl (C=O) groups excluding carboxylic acids is 1. The highest BCUT2D eigenvalue weighted by Crippen LogP contribution is 2.31. The Labute approximate surface area is 169 Å². The molecular weight excluding hydrogens is 400 g/mol. The summed E-state index contributed by atoms with van der Waals surface area (Å²) in [4.78, 5) is 30.1. The predicted molar refractivity (Wildman–Crippen MR) is 108 cm³/mol. The number of hydrogen-bond acceptors (Lipinski definition) is 6. The van der Waals surface area contributed by atoms with Gasteiger partial charge in [0.15, 0.2) is 0 Å². The van der Waals surface area contributed by atoms with Gasteiger partial charge in [0.1, 0.15) is 16.4 Å². The molecule has 0 aliphatic heterocycles. The number of ether oxygens (including phenoxy) is 1. The number of nitrogens with zero attached hydrogens (tertiary/aromatic N) is 2. The van der Waals surface area contributed by atoms with Crippen LogP contribution >= 0.6 is 22.9 Å². The molecule has 0 saturated heterocycles. The van der Waals surface area contributed by atoms with Crippen molar-refractivity contribution in [3.63, 3.8) is 0 Å². The van der Waals surface area contributed by atoms with Crippen LogP contribution in [0.4, 0.5) is 0 Å². The van der Waals surface area contributed by atoms with E-state index in [1.807, 2.05) is 17.5 Å². The third-order valence-corrected chi connectivity index (χ3v) is 5.53. The summed E-state index contributed by atoms with van der Waals surface area (Å²) < 4.78 is 11.7. The van der Waals surface area contributed by atoms with Gasteiger partial charge in [-0.05, 0) is 36.8 Å². The number of methoxy groups -OCH3 is 1. The van der Waals surface area contributed by atoms with E-state index in [0.29, 0.717) is 26.8 Å². The van der Waals surface area contributed by atoms with Crippen molar-refractivity contribution in [3.05, 3.63) is 74.5 Å². The van der Waals surface area contributed by atoms with Crippen LogP contribution in [0.15, 0.2) is 51.0 Å². The van der Waals surface area contributed by atoms with Gasteiger partial charge < -0.3 is 9.15 Å². The van der Waals surface area contributed by atoms with Gasteiger partial charge in [0.25, 0.3) is 5.56 Å². The van der Waals surface area contributed by atoms with Gasteiger partial charge in [-0.25, -0.2) is 9.78 Å². The van der Waals surface area contributed by atoms with Gasteiger partial charge in [0.2, 0.25) is 5.76 Å². The molecule has 3 aromatic heterocycles. The summed E-state index contributed by atoms with van der Waals surface area (Å²) in [7, 11) is 1.28. The molecule has 142 valence electrons. The number of thiophene rings is 1. The molecule has 28 heavy (non-hydrogen) atoms. The quantitative estimate of drug-likeness (QED) is 0.459. The van der Waals surface area contributed by atoms with Gasteiger partial charge in [0.05, 0.1) is 19.0 Å². The van der Waals surface area contributed by atoms with Crippen molar-refractivity contribution in [1.29, 1.82) is 0 Å². The number of fused-ring (bicyclic) bond motifs is 1. The highest BCUT2D eigenvalue weighted by atomic mass is 35.5. The summed E-state index contributed by atoms with van der Waals surface area (Å²) >= 11 is 7.40. The van der Waals surface area contributed by atoms with E-state index in [9.17, 15) is 9.59 Å². The van der Waals surface area contributed by atoms with Crippen LogP contribution in [-0.4, -0.2) is 22.6 Å². The number of furan rings is 1. The van der Waals surface area contributed by atoms with Crippen LogP contribution in [-0.2, 0) is 11.3 Å². The van der Waals surface area contributed by atoms with E-state index in [1.165, 1.54) is 29.1 Å². The van der Waals surface area contributed by atoms with E-state index in [-0.39, 0.29) is 17.9 Å². The maximum Gasteiger partial charge on any atom is 0.373 e. The van der Waals surface area contributed by atoms with E-state index in [4.69, 9.17) is 16.0 Å². The zero-order valence-corrected chi connectivity index (χ0v) is 16.6. The SMILES string of the molecule is COC(=O)c1ccc(Cn2c(C)nc3scc(-c4ccc(Cl)cc4)c3c2=O)o1. The summed E-state index contributed by atoms with van der Waals surface area (Å²) in [6.07, 6.45) is 0. The standard InChI is InChI=1S/C20H15ClN2O4S/c1-11-22-18-17(15(10-28-18)12-3-5-13(21)6-4-12)19(24)23(11)9-14-7-8-16(27-14)20(25)26-2/h3-8,10H,9H2,1-2H3. The van der Waals surface area contributed by atoms with Crippen LogP contribution in [0, 0.1) is 6.92 Å². The van der Waals surface area contributed by atoms with Gasteiger partial charge >= 0.3 is 5.97 Å². The predicted octanol–water partition coefficient (Wildman–Crippen LogP) is 4.51. The Hall–Kier alpha value is -2.90. The van der Waals surface area contributed by atoms with Gasteiger partial charge in [-0.15, -0.1) is 11.3 Å². The summed E-state index contributed by atoms with van der Waals surface area (Å²) in [6, 6.07) is 10.5. The lowest BCUT2D eigenvalue weighted by atomic mass is 10.1. The van der Waals surface area contributed by atoms with E-state index in [0.717, 1.165) is 11.1 Å². The number of aromatic nitrogens is 2. The molecule has 1 aromatic carbocycles. The molecule has 0 atom stereocenters. The zero-order valence-electron chi connectivity index (χ0n) is 15.1. The molecule has 0 fully saturated rings. The van der Waals surface area contributed by atoms with Crippen molar-refractivity contribution in [3.8, 4) is 11.1 Å². The molecule has 4 aromatic rings. The van der Waals surface area contributed by atoms with Crippen LogP contribution in [0.5, 0.6) is 0 Å². The highest BCUT2D eigenvalue weighted by Gasteiger charge is 2.17. The summed E-state index contributed by atoms with van der Waals surface area (Å²) in [5.41, 5.74) is 1.55. The van der Waals surface area contributed by atoms with Crippen LogP contribution < -0.4 is 5.56 Å². The number of benzene rings is 1. The maximum absolute atomic E-state index is 13.2. The van der Waals surface area contributed by atoms with Gasteiger partial charge in [-0.2, -0.15) is 0 Å². The second-order valence-corrected chi connectivity index (χ2v) is 7.44. The molecule has 3 heterocycles. The second-order valence-electron chi connectivity index (χ2n) is 6.14. The number of esters is 1. The molecule has 0 N–H and O–H groups in total. The fraction of sp³-hybridized carbons (Fsp3) is 0.150. The molecule has 0 amide bonds. The number of rotatable bonds is 4. The second kappa shape index (κ2) is 7.26. The topological polar surface area (TPSA) is 74.3 Å². The first kappa shape index (κ1) is 18.5. The zero-order chi connectivity index (χ0) is 19.8. The Morgan fingerprint density at radius 3 is 2.71 bits per heavy atom. The summed E-state index contributed by atoms with van der Waals surface area (Å²) in [5.74, 6) is 0.564. The molecule has 4 rings (SSSR count). The molecular formula is C20H15ClN2O4S. The van der Waals surface area contributed by atoms with E-state index < -0.39 is 5.97 Å². The smallest absolute Gasteiger partial charge is 0.373 e. The number of halogens is 1. The van der Waals surface area contributed by atoms with Crippen molar-refractivity contribution in [1.82, 2.24) is 9.55 Å². The summed E-state index contributed by atoms with van der Waals surface area (Å²) in [6.45, 7) is 1.94. The van der Waals surface area contributed by atoms with Crippen molar-refractivity contribution in [2.24, 2.45) is 0 Å². The van der Waals surface area contributed by atoms with Gasteiger partial charge in [-0.3, -0.25) is 9.36 Å². The minimum absolute atomic E-state index is 0.0922. The Balaban J connectivity index is 1.80. The molecule has 0 bridgehead atoms. The van der Waals surface area contributed by atoms with Crippen LogP contribution in [0.25, 0.3) is 21.3 Å².